The molecule has 1 N–H and O–H groups in total. The number of anilines is 1. The van der Waals surface area contributed by atoms with Gasteiger partial charge in [0.2, 0.25) is 11.8 Å². The van der Waals surface area contributed by atoms with E-state index in [-0.39, 0.29) is 28.8 Å². The number of methoxy groups -OCH3 is 3. The zero-order valence-corrected chi connectivity index (χ0v) is 26.6. The first kappa shape index (κ1) is 33.5. The second kappa shape index (κ2) is 15.5. The Morgan fingerprint density at radius 2 is 1.63 bits per heavy atom. The number of benzene rings is 3. The summed E-state index contributed by atoms with van der Waals surface area (Å²) in [4.78, 5) is 28.4. The Kier molecular flexibility index (Phi) is 12.1. The summed E-state index contributed by atoms with van der Waals surface area (Å²) in [5.74, 6) is 0.222. The highest BCUT2D eigenvalue weighted by molar-refractivity contribution is 7.92. The molecular weight excluding hydrogens is 594 g/mol. The van der Waals surface area contributed by atoms with Crippen molar-refractivity contribution in [3.05, 3.63) is 77.3 Å². The highest BCUT2D eigenvalue weighted by Gasteiger charge is 2.33. The average molecular weight is 632 g/mol. The maximum atomic E-state index is 14.1. The van der Waals surface area contributed by atoms with Gasteiger partial charge in [0, 0.05) is 24.2 Å². The van der Waals surface area contributed by atoms with Crippen LogP contribution in [0.1, 0.15) is 32.3 Å². The molecule has 0 spiro atoms. The van der Waals surface area contributed by atoms with Gasteiger partial charge >= 0.3 is 0 Å². The third kappa shape index (κ3) is 8.55. The number of nitrogens with zero attached hydrogens (tertiary/aromatic N) is 2. The molecule has 0 unspecified atom stereocenters. The highest BCUT2D eigenvalue weighted by atomic mass is 35.5. The van der Waals surface area contributed by atoms with Crippen LogP contribution >= 0.6 is 11.6 Å². The van der Waals surface area contributed by atoms with E-state index in [9.17, 15) is 18.0 Å². The van der Waals surface area contributed by atoms with Crippen molar-refractivity contribution in [3.8, 4) is 17.2 Å². The topological polar surface area (TPSA) is 114 Å². The third-order valence-corrected chi connectivity index (χ3v) is 8.84. The molecule has 3 rings (SSSR count). The molecule has 0 aliphatic heterocycles. The number of nitrogens with one attached hydrogen (secondary N) is 1. The molecule has 0 radical (unpaired) electrons. The molecule has 0 bridgehead atoms. The Bertz CT molecular complexity index is 1500. The number of sulfonamides is 1. The summed E-state index contributed by atoms with van der Waals surface area (Å²) in [6, 6.07) is 16.5. The van der Waals surface area contributed by atoms with Crippen molar-refractivity contribution in [1.82, 2.24) is 10.2 Å². The van der Waals surface area contributed by atoms with Gasteiger partial charge in [0.05, 0.1) is 31.9 Å². The molecule has 0 heterocycles. The number of unbranched alkanes of at least 4 members (excludes halogenated alkanes) is 1. The Morgan fingerprint density at radius 1 is 0.930 bits per heavy atom. The number of carbonyl (C=O) groups is 2. The maximum absolute atomic E-state index is 14.1. The van der Waals surface area contributed by atoms with Crippen molar-refractivity contribution >= 4 is 39.1 Å². The van der Waals surface area contributed by atoms with E-state index in [1.54, 1.807) is 25.1 Å². The Hall–Kier alpha value is -3.96. The summed E-state index contributed by atoms with van der Waals surface area (Å²) in [6.45, 7) is 3.55. The zero-order valence-electron chi connectivity index (χ0n) is 25.0. The molecule has 0 fully saturated rings. The molecule has 232 valence electrons. The molecule has 12 heteroatoms. The van der Waals surface area contributed by atoms with Gasteiger partial charge in [-0.1, -0.05) is 37.1 Å². The molecule has 0 saturated carbocycles. The van der Waals surface area contributed by atoms with Crippen LogP contribution in [0.25, 0.3) is 0 Å². The van der Waals surface area contributed by atoms with Gasteiger partial charge in [0.25, 0.3) is 10.0 Å². The monoisotopic (exact) mass is 631 g/mol. The second-order valence-corrected chi connectivity index (χ2v) is 12.0. The maximum Gasteiger partial charge on any atom is 0.264 e. The standard InChI is InChI=1S/C31H38ClN3O7S/c1-6-7-17-33-31(37)22(2)34(20-23-9-8-10-26(18-23)40-3)30(36)21-35(25-13-11-24(32)12-14-25)43(38,39)27-15-16-28(41-4)29(19-27)42-5/h8-16,18-19,22H,6-7,17,20-21H2,1-5H3,(H,33,37)/t22-/m1/s1. The predicted octanol–water partition coefficient (Wildman–Crippen LogP) is 4.89. The second-order valence-electron chi connectivity index (χ2n) is 9.70. The van der Waals surface area contributed by atoms with Gasteiger partial charge < -0.3 is 24.4 Å². The molecule has 10 nitrogen and oxygen atoms in total. The zero-order chi connectivity index (χ0) is 31.6. The van der Waals surface area contributed by atoms with Crippen LogP contribution in [0, 0.1) is 0 Å². The van der Waals surface area contributed by atoms with E-state index >= 15 is 0 Å². The summed E-state index contributed by atoms with van der Waals surface area (Å²) in [5, 5.41) is 3.27. The quantitative estimate of drug-likeness (QED) is 0.238. The van der Waals surface area contributed by atoms with Crippen LogP contribution in [0.5, 0.6) is 17.2 Å². The van der Waals surface area contributed by atoms with Crippen LogP contribution in [-0.2, 0) is 26.2 Å². The van der Waals surface area contributed by atoms with E-state index in [0.717, 1.165) is 17.1 Å². The van der Waals surface area contributed by atoms with E-state index in [4.69, 9.17) is 25.8 Å². The van der Waals surface area contributed by atoms with E-state index in [1.165, 1.54) is 68.7 Å². The molecular formula is C31H38ClN3O7S. The molecule has 0 aliphatic rings. The van der Waals surface area contributed by atoms with Crippen molar-refractivity contribution < 1.29 is 32.2 Å². The van der Waals surface area contributed by atoms with Crippen LogP contribution in [0.4, 0.5) is 5.69 Å². The van der Waals surface area contributed by atoms with Crippen LogP contribution < -0.4 is 23.8 Å². The highest BCUT2D eigenvalue weighted by Crippen LogP contribution is 2.32. The predicted molar refractivity (Wildman–Crippen MR) is 166 cm³/mol. The first-order chi connectivity index (χ1) is 20.5. The lowest BCUT2D eigenvalue weighted by atomic mass is 10.1. The van der Waals surface area contributed by atoms with Gasteiger partial charge in [-0.2, -0.15) is 0 Å². The molecule has 3 aromatic carbocycles. The van der Waals surface area contributed by atoms with E-state index in [1.807, 2.05) is 13.0 Å². The van der Waals surface area contributed by atoms with E-state index in [0.29, 0.717) is 28.6 Å². The van der Waals surface area contributed by atoms with Crippen LogP contribution in [-0.4, -0.2) is 65.6 Å². The fourth-order valence-corrected chi connectivity index (χ4v) is 5.88. The first-order valence-corrected chi connectivity index (χ1v) is 15.6. The summed E-state index contributed by atoms with van der Waals surface area (Å²) in [6.07, 6.45) is 1.68. The Morgan fingerprint density at radius 3 is 2.26 bits per heavy atom. The number of carbonyl (C=O) groups excluding carboxylic acids is 2. The average Bonchev–Trinajstić information content (AvgIpc) is 3.02. The number of hydrogen-bond acceptors (Lipinski definition) is 7. The molecule has 1 atom stereocenters. The summed E-state index contributed by atoms with van der Waals surface area (Å²) < 4.78 is 45.1. The van der Waals surface area contributed by atoms with Crippen molar-refractivity contribution in [3.63, 3.8) is 0 Å². The minimum atomic E-state index is -4.31. The lowest BCUT2D eigenvalue weighted by molar-refractivity contribution is -0.139. The number of ether oxygens (including phenoxy) is 3. The molecule has 0 aromatic heterocycles. The van der Waals surface area contributed by atoms with Crippen LogP contribution in [0.15, 0.2) is 71.6 Å². The minimum Gasteiger partial charge on any atom is -0.497 e. The SMILES string of the molecule is CCCCNC(=O)[C@@H](C)N(Cc1cccc(OC)c1)C(=O)CN(c1ccc(Cl)cc1)S(=O)(=O)c1ccc(OC)c(OC)c1. The molecule has 3 aromatic rings. The first-order valence-electron chi connectivity index (χ1n) is 13.8. The van der Waals surface area contributed by atoms with Gasteiger partial charge in [-0.3, -0.25) is 13.9 Å². The van der Waals surface area contributed by atoms with Gasteiger partial charge in [-0.25, -0.2) is 8.42 Å². The Balaban J connectivity index is 2.05. The van der Waals surface area contributed by atoms with Crippen molar-refractivity contribution in [2.24, 2.45) is 0 Å². The largest absolute Gasteiger partial charge is 0.497 e. The lowest BCUT2D eigenvalue weighted by Crippen LogP contribution is -2.51. The molecule has 0 aliphatic carbocycles. The summed E-state index contributed by atoms with van der Waals surface area (Å²) in [7, 11) is 0.0696. The fraction of sp³-hybridized carbons (Fsp3) is 0.355. The van der Waals surface area contributed by atoms with Crippen molar-refractivity contribution in [1.29, 1.82) is 0 Å². The van der Waals surface area contributed by atoms with Crippen molar-refractivity contribution in [2.45, 2.75) is 44.2 Å². The lowest BCUT2D eigenvalue weighted by Gasteiger charge is -2.32. The number of hydrogen-bond donors (Lipinski definition) is 1. The van der Waals surface area contributed by atoms with Gasteiger partial charge in [-0.15, -0.1) is 0 Å². The third-order valence-electron chi connectivity index (χ3n) is 6.82. The molecule has 43 heavy (non-hydrogen) atoms. The minimum absolute atomic E-state index is 0.0449. The summed E-state index contributed by atoms with van der Waals surface area (Å²) >= 11 is 6.09. The van der Waals surface area contributed by atoms with Gasteiger partial charge in [0.1, 0.15) is 18.3 Å². The van der Waals surface area contributed by atoms with E-state index in [2.05, 4.69) is 5.32 Å². The fourth-order valence-electron chi connectivity index (χ4n) is 4.33. The summed E-state index contributed by atoms with van der Waals surface area (Å²) in [5.41, 5.74) is 0.926. The number of halogens is 1. The normalized spacial score (nSPS) is 11.8. The number of amides is 2. The van der Waals surface area contributed by atoms with Gasteiger partial charge in [-0.05, 0) is 67.4 Å². The van der Waals surface area contributed by atoms with Crippen molar-refractivity contribution in [2.75, 3.05) is 38.7 Å². The van der Waals surface area contributed by atoms with Gasteiger partial charge in [0.15, 0.2) is 11.5 Å². The Labute approximate surface area is 258 Å². The smallest absolute Gasteiger partial charge is 0.264 e. The van der Waals surface area contributed by atoms with E-state index < -0.39 is 28.5 Å². The van der Waals surface area contributed by atoms with Crippen LogP contribution in [0.3, 0.4) is 0 Å². The molecule has 0 saturated heterocycles. The number of rotatable bonds is 15. The van der Waals surface area contributed by atoms with Crippen LogP contribution in [0.2, 0.25) is 5.02 Å². The molecule has 2 amide bonds.